The van der Waals surface area contributed by atoms with Crippen LogP contribution in [0.1, 0.15) is 10.4 Å². The third-order valence-corrected chi connectivity index (χ3v) is 1.82. The minimum atomic E-state index is -1.64. The van der Waals surface area contributed by atoms with E-state index in [0.29, 0.717) is 0 Å². The second-order valence-electron chi connectivity index (χ2n) is 2.42. The Morgan fingerprint density at radius 1 is 1.53 bits per heavy atom. The fourth-order valence-electron chi connectivity index (χ4n) is 0.868. The average molecular weight is 226 g/mol. The number of ketones is 1. The number of carboxylic acid groups (broad SMARTS) is 1. The summed E-state index contributed by atoms with van der Waals surface area (Å²) in [5, 5.41) is 8.37. The molecule has 1 N–H and O–H groups in total. The number of carbonyl (C=O) groups excluding carboxylic acids is 1. The number of hydrogen-bond acceptors (Lipinski definition) is 3. The molecule has 15 heavy (non-hydrogen) atoms. The number of halogens is 1. The Morgan fingerprint density at radius 3 is 2.67 bits per heavy atom. The van der Waals surface area contributed by atoms with E-state index in [9.17, 15) is 9.59 Å². The molecule has 0 aliphatic rings. The highest BCUT2D eigenvalue weighted by molar-refractivity contribution is 6.66. The first-order valence-electron chi connectivity index (χ1n) is 3.68. The lowest BCUT2D eigenvalue weighted by atomic mass is 10.1. The molecule has 7 heteroatoms. The lowest BCUT2D eigenvalue weighted by Crippen LogP contribution is -2.25. The number of carbonyl (C=O) groups is 2. The Morgan fingerprint density at radius 2 is 2.20 bits per heavy atom. The summed E-state index contributed by atoms with van der Waals surface area (Å²) < 4.78 is 0. The first-order chi connectivity index (χ1) is 7.07. The Hall–Kier alpha value is -2.04. The first kappa shape index (κ1) is 11.0. The van der Waals surface area contributed by atoms with Crippen molar-refractivity contribution in [3.05, 3.63) is 34.6 Å². The zero-order valence-electron chi connectivity index (χ0n) is 7.22. The van der Waals surface area contributed by atoms with Crippen LogP contribution in [-0.2, 0) is 4.79 Å². The maximum absolute atomic E-state index is 11.4. The summed E-state index contributed by atoms with van der Waals surface area (Å²) in [6, 6.07) is 2.70. The van der Waals surface area contributed by atoms with Crippen molar-refractivity contribution in [1.82, 2.24) is 4.98 Å². The zero-order valence-corrected chi connectivity index (χ0v) is 7.97. The molecule has 0 aliphatic carbocycles. The summed E-state index contributed by atoms with van der Waals surface area (Å²) in [6.45, 7) is 0. The van der Waals surface area contributed by atoms with Crippen molar-refractivity contribution in [3.63, 3.8) is 0 Å². The molecule has 0 saturated carbocycles. The van der Waals surface area contributed by atoms with E-state index in [1.807, 2.05) is 0 Å². The second-order valence-corrected chi connectivity index (χ2v) is 2.78. The Bertz CT molecular complexity index is 480. The smallest absolute Gasteiger partial charge is 0.446 e. The molecule has 76 valence electrons. The number of pyridine rings is 1. The van der Waals surface area contributed by atoms with Crippen molar-refractivity contribution in [2.45, 2.75) is 0 Å². The number of aliphatic carboxylic acids is 1. The molecule has 0 fully saturated rings. The van der Waals surface area contributed by atoms with E-state index in [-0.39, 0.29) is 10.7 Å². The molecule has 0 unspecified atom stereocenters. The van der Waals surface area contributed by atoms with E-state index < -0.39 is 17.5 Å². The number of nitrogens with zero attached hydrogens (tertiary/aromatic N) is 3. The maximum Gasteiger partial charge on any atom is 0.446 e. The van der Waals surface area contributed by atoms with E-state index in [4.69, 9.17) is 22.2 Å². The molecular weight excluding hydrogens is 222 g/mol. The van der Waals surface area contributed by atoms with Crippen LogP contribution >= 0.6 is 11.6 Å². The highest BCUT2D eigenvalue weighted by atomic mass is 35.5. The number of carboxylic acids is 1. The van der Waals surface area contributed by atoms with Crippen LogP contribution in [0.5, 0.6) is 0 Å². The van der Waals surface area contributed by atoms with E-state index in [0.717, 1.165) is 0 Å². The lowest BCUT2D eigenvalue weighted by molar-refractivity contribution is -0.133. The molecule has 0 atom stereocenters. The first-order valence-corrected chi connectivity index (χ1v) is 4.06. The van der Waals surface area contributed by atoms with Gasteiger partial charge in [0.05, 0.1) is 5.56 Å². The molecule has 6 nitrogen and oxygen atoms in total. The van der Waals surface area contributed by atoms with Gasteiger partial charge in [0, 0.05) is 6.20 Å². The van der Waals surface area contributed by atoms with Gasteiger partial charge in [0.2, 0.25) is 0 Å². The average Bonchev–Trinajstić information content (AvgIpc) is 2.18. The molecule has 1 aromatic rings. The summed E-state index contributed by atoms with van der Waals surface area (Å²) in [7, 11) is 0. The maximum atomic E-state index is 11.4. The van der Waals surface area contributed by atoms with E-state index in [1.165, 1.54) is 18.3 Å². The summed E-state index contributed by atoms with van der Waals surface area (Å²) >= 11 is 5.56. The summed E-state index contributed by atoms with van der Waals surface area (Å²) in [6.07, 6.45) is 1.34. The van der Waals surface area contributed by atoms with Gasteiger partial charge in [-0.2, -0.15) is 4.79 Å². The standard InChI is InChI=1S/C8H4ClN3O3/c9-7-4(2-1-3-11-7)6(13)5(12-10)8(14)15/h1-3H,(H,14,15). The third kappa shape index (κ3) is 2.25. The fraction of sp³-hybridized carbons (Fsp3) is 0. The van der Waals surface area contributed by atoms with Gasteiger partial charge in [-0.1, -0.05) is 11.6 Å². The van der Waals surface area contributed by atoms with Crippen molar-refractivity contribution in [2.24, 2.45) is 0 Å². The van der Waals surface area contributed by atoms with Crippen LogP contribution in [-0.4, -0.2) is 32.3 Å². The minimum Gasteiger partial charge on any atom is -0.472 e. The molecule has 0 aromatic carbocycles. The van der Waals surface area contributed by atoms with Crippen molar-refractivity contribution >= 4 is 29.1 Å². The van der Waals surface area contributed by atoms with E-state index in [2.05, 4.69) is 9.77 Å². The highest BCUT2D eigenvalue weighted by Crippen LogP contribution is 2.12. The number of rotatable bonds is 3. The normalized spacial score (nSPS) is 9.13. The summed E-state index contributed by atoms with van der Waals surface area (Å²) in [4.78, 5) is 27.9. The van der Waals surface area contributed by atoms with Crippen molar-refractivity contribution < 1.29 is 19.5 Å². The predicted octanol–water partition coefficient (Wildman–Crippen LogP) is 0.673. The molecule has 0 aliphatic heterocycles. The van der Waals surface area contributed by atoms with Crippen LogP contribution in [0.3, 0.4) is 0 Å². The number of hydrogen-bond donors (Lipinski definition) is 1. The molecule has 1 heterocycles. The number of Topliss-reactive ketones (excluding diaryl/α,β-unsaturated/α-hetero) is 1. The molecule has 0 spiro atoms. The zero-order chi connectivity index (χ0) is 11.4. The SMILES string of the molecule is [N-]=[N+]=C(C(=O)O)C(=O)c1cccnc1Cl. The van der Waals surface area contributed by atoms with Crippen LogP contribution in [0.25, 0.3) is 5.53 Å². The molecular formula is C8H4ClN3O3. The van der Waals surface area contributed by atoms with E-state index in [1.54, 1.807) is 0 Å². The van der Waals surface area contributed by atoms with Crippen LogP contribution in [0.2, 0.25) is 5.15 Å². The molecule has 0 radical (unpaired) electrons. The molecule has 1 rings (SSSR count). The van der Waals surface area contributed by atoms with Gasteiger partial charge >= 0.3 is 11.7 Å². The monoisotopic (exact) mass is 225 g/mol. The Balaban J connectivity index is 3.22. The number of aromatic nitrogens is 1. The summed E-state index contributed by atoms with van der Waals surface area (Å²) in [5.74, 6) is -2.63. The van der Waals surface area contributed by atoms with Gasteiger partial charge in [0.1, 0.15) is 5.15 Å². The van der Waals surface area contributed by atoms with Crippen LogP contribution in [0.15, 0.2) is 18.3 Å². The topological polar surface area (TPSA) is 104 Å². The summed E-state index contributed by atoms with van der Waals surface area (Å²) in [5.41, 5.74) is 7.20. The van der Waals surface area contributed by atoms with Gasteiger partial charge in [-0.25, -0.2) is 9.78 Å². The van der Waals surface area contributed by atoms with Crippen molar-refractivity contribution in [2.75, 3.05) is 0 Å². The lowest BCUT2D eigenvalue weighted by Gasteiger charge is -1.95. The van der Waals surface area contributed by atoms with Gasteiger partial charge in [-0.3, -0.25) is 4.79 Å². The molecule has 0 saturated heterocycles. The van der Waals surface area contributed by atoms with Crippen molar-refractivity contribution in [1.29, 1.82) is 0 Å². The molecule has 0 bridgehead atoms. The third-order valence-electron chi connectivity index (χ3n) is 1.52. The van der Waals surface area contributed by atoms with Gasteiger partial charge in [-0.15, -0.1) is 0 Å². The molecule has 0 amide bonds. The van der Waals surface area contributed by atoms with Crippen LogP contribution in [0.4, 0.5) is 0 Å². The predicted molar refractivity (Wildman–Crippen MR) is 49.8 cm³/mol. The Labute approximate surface area is 88.7 Å². The van der Waals surface area contributed by atoms with Crippen molar-refractivity contribution in [3.8, 4) is 0 Å². The highest BCUT2D eigenvalue weighted by Gasteiger charge is 2.31. The molecule has 1 aromatic heterocycles. The largest absolute Gasteiger partial charge is 0.472 e. The minimum absolute atomic E-state index is 0.130. The second kappa shape index (κ2) is 4.45. The van der Waals surface area contributed by atoms with Gasteiger partial charge < -0.3 is 10.6 Å². The van der Waals surface area contributed by atoms with Crippen LogP contribution in [0, 0.1) is 0 Å². The Kier molecular flexibility index (Phi) is 3.28. The van der Waals surface area contributed by atoms with Crippen LogP contribution < -0.4 is 0 Å². The van der Waals surface area contributed by atoms with Gasteiger partial charge in [0.25, 0.3) is 5.78 Å². The van der Waals surface area contributed by atoms with E-state index >= 15 is 0 Å². The van der Waals surface area contributed by atoms with Gasteiger partial charge in [0.15, 0.2) is 0 Å². The van der Waals surface area contributed by atoms with Gasteiger partial charge in [-0.05, 0) is 12.1 Å². The quantitative estimate of drug-likeness (QED) is 0.204. The fourth-order valence-corrected chi connectivity index (χ4v) is 1.07.